The number of piperidine rings is 1. The summed E-state index contributed by atoms with van der Waals surface area (Å²) >= 11 is 0. The van der Waals surface area contributed by atoms with E-state index in [1.807, 2.05) is 30.5 Å². The standard InChI is InChI=1S/C11H10N2O2.C7H11NO4/c1-2-5-13-9(3-1)11-4-6-12-7-10(11)14-8-15-11;9-7(10)8-2-1-5-6(3-8)12-4-11-5/h1-7,12H,8H2;5-6H,1-4H2,(H,9,10)/t11-;/m1./s1. The molecule has 1 amide bonds. The van der Waals surface area contributed by atoms with E-state index in [-0.39, 0.29) is 19.0 Å². The predicted molar refractivity (Wildman–Crippen MR) is 92.1 cm³/mol. The van der Waals surface area contributed by atoms with Gasteiger partial charge in [0.25, 0.3) is 0 Å². The summed E-state index contributed by atoms with van der Waals surface area (Å²) in [4.78, 5) is 16.3. The Kier molecular flexibility index (Phi) is 4.97. The van der Waals surface area contributed by atoms with E-state index in [0.29, 0.717) is 19.9 Å². The molecule has 1 aromatic rings. The van der Waals surface area contributed by atoms with Crippen molar-refractivity contribution in [2.75, 3.05) is 26.7 Å². The number of dihydropyridines is 1. The molecule has 4 aliphatic rings. The highest BCUT2D eigenvalue weighted by atomic mass is 16.7. The van der Waals surface area contributed by atoms with Crippen LogP contribution in [0.4, 0.5) is 4.79 Å². The number of pyridine rings is 1. The van der Waals surface area contributed by atoms with Crippen LogP contribution in [0.15, 0.2) is 48.6 Å². The van der Waals surface area contributed by atoms with Gasteiger partial charge in [-0.25, -0.2) is 4.79 Å². The quantitative estimate of drug-likeness (QED) is 0.758. The van der Waals surface area contributed by atoms with Gasteiger partial charge in [0.2, 0.25) is 0 Å². The summed E-state index contributed by atoms with van der Waals surface area (Å²) in [6.45, 7) is 1.57. The summed E-state index contributed by atoms with van der Waals surface area (Å²) in [5, 5.41) is 11.7. The largest absolute Gasteiger partial charge is 0.466 e. The molecule has 0 bridgehead atoms. The van der Waals surface area contributed by atoms with Crippen molar-refractivity contribution in [2.24, 2.45) is 0 Å². The zero-order valence-electron chi connectivity index (χ0n) is 14.6. The number of carbonyl (C=O) groups is 1. The number of carboxylic acid groups (broad SMARTS) is 1. The van der Waals surface area contributed by atoms with Crippen LogP contribution in [-0.4, -0.2) is 60.0 Å². The minimum Gasteiger partial charge on any atom is -0.466 e. The highest BCUT2D eigenvalue weighted by molar-refractivity contribution is 5.65. The normalized spacial score (nSPS) is 30.8. The number of fused-ring (bicyclic) bond motifs is 2. The SMILES string of the molecule is C1=C[C@]2(c3ccccn3)OCOC2=CN1.O=C(O)N1CCC2OCOC2C1. The number of likely N-dealkylation sites (tertiary alicyclic amines) is 1. The maximum absolute atomic E-state index is 10.6. The molecule has 9 nitrogen and oxygen atoms in total. The minimum atomic E-state index is -0.871. The van der Waals surface area contributed by atoms with Crippen molar-refractivity contribution in [3.8, 4) is 0 Å². The van der Waals surface area contributed by atoms with Gasteiger partial charge in [0.15, 0.2) is 18.2 Å². The second kappa shape index (κ2) is 7.55. The topological polar surface area (TPSA) is 102 Å². The minimum absolute atomic E-state index is 0.0464. The maximum atomic E-state index is 10.6. The summed E-state index contributed by atoms with van der Waals surface area (Å²) in [6, 6.07) is 5.74. The van der Waals surface area contributed by atoms with Crippen molar-refractivity contribution in [3.05, 3.63) is 54.3 Å². The Hall–Kier alpha value is -2.62. The maximum Gasteiger partial charge on any atom is 0.407 e. The highest BCUT2D eigenvalue weighted by Crippen LogP contribution is 2.40. The molecule has 3 fully saturated rings. The first-order valence-corrected chi connectivity index (χ1v) is 8.73. The van der Waals surface area contributed by atoms with Crippen LogP contribution in [0.2, 0.25) is 0 Å². The lowest BCUT2D eigenvalue weighted by atomic mass is 9.95. The zero-order chi connectivity index (χ0) is 18.7. The summed E-state index contributed by atoms with van der Waals surface area (Å²) in [7, 11) is 0. The van der Waals surface area contributed by atoms with Crippen LogP contribution >= 0.6 is 0 Å². The van der Waals surface area contributed by atoms with E-state index in [0.717, 1.165) is 17.9 Å². The third-order valence-electron chi connectivity index (χ3n) is 4.87. The van der Waals surface area contributed by atoms with Gasteiger partial charge in [-0.1, -0.05) is 6.07 Å². The van der Waals surface area contributed by atoms with Crippen molar-refractivity contribution in [3.63, 3.8) is 0 Å². The van der Waals surface area contributed by atoms with Gasteiger partial charge < -0.3 is 34.3 Å². The molecule has 3 saturated heterocycles. The molecule has 5 rings (SSSR count). The first kappa shape index (κ1) is 17.8. The second-order valence-corrected chi connectivity index (χ2v) is 6.41. The van der Waals surface area contributed by atoms with E-state index < -0.39 is 11.7 Å². The van der Waals surface area contributed by atoms with Crippen molar-refractivity contribution < 1.29 is 28.8 Å². The number of aromatic nitrogens is 1. The molecule has 0 aromatic carbocycles. The number of hydrogen-bond donors (Lipinski definition) is 2. The molecular formula is C18H21N3O6. The Morgan fingerprint density at radius 2 is 2.19 bits per heavy atom. The van der Waals surface area contributed by atoms with Gasteiger partial charge in [-0.3, -0.25) is 4.98 Å². The molecule has 5 heterocycles. The Labute approximate surface area is 156 Å². The molecule has 4 aliphatic heterocycles. The molecule has 9 heteroatoms. The number of hydrogen-bond acceptors (Lipinski definition) is 7. The van der Waals surface area contributed by atoms with Crippen LogP contribution in [0.1, 0.15) is 12.1 Å². The van der Waals surface area contributed by atoms with Gasteiger partial charge in [-0.15, -0.1) is 0 Å². The Bertz CT molecular complexity index is 740. The molecule has 0 spiro atoms. The Morgan fingerprint density at radius 3 is 3.00 bits per heavy atom. The molecule has 2 N–H and O–H groups in total. The van der Waals surface area contributed by atoms with Crippen molar-refractivity contribution >= 4 is 6.09 Å². The Morgan fingerprint density at radius 1 is 1.30 bits per heavy atom. The molecule has 0 saturated carbocycles. The van der Waals surface area contributed by atoms with Crippen LogP contribution in [-0.2, 0) is 24.5 Å². The van der Waals surface area contributed by atoms with Gasteiger partial charge in [-0.05, 0) is 24.6 Å². The molecule has 3 atom stereocenters. The first-order valence-electron chi connectivity index (χ1n) is 8.73. The number of rotatable bonds is 1. The number of amides is 1. The number of nitrogens with one attached hydrogen (secondary N) is 1. The van der Waals surface area contributed by atoms with Gasteiger partial charge >= 0.3 is 6.09 Å². The molecule has 1 aromatic heterocycles. The van der Waals surface area contributed by atoms with Gasteiger partial charge in [0, 0.05) is 25.1 Å². The van der Waals surface area contributed by atoms with Crippen molar-refractivity contribution in [1.82, 2.24) is 15.2 Å². The molecular weight excluding hydrogens is 354 g/mol. The molecule has 27 heavy (non-hydrogen) atoms. The van der Waals surface area contributed by atoms with Gasteiger partial charge in [-0.2, -0.15) is 0 Å². The molecule has 144 valence electrons. The van der Waals surface area contributed by atoms with E-state index in [9.17, 15) is 4.79 Å². The lowest BCUT2D eigenvalue weighted by Gasteiger charge is -2.30. The second-order valence-electron chi connectivity index (χ2n) is 6.41. The monoisotopic (exact) mass is 375 g/mol. The van der Waals surface area contributed by atoms with E-state index in [2.05, 4.69) is 10.3 Å². The summed E-state index contributed by atoms with van der Waals surface area (Å²) in [6.07, 6.45) is 7.22. The first-order chi connectivity index (χ1) is 13.2. The average molecular weight is 375 g/mol. The van der Waals surface area contributed by atoms with Gasteiger partial charge in [0.1, 0.15) is 12.9 Å². The predicted octanol–water partition coefficient (Wildman–Crippen LogP) is 1.35. The van der Waals surface area contributed by atoms with E-state index in [4.69, 9.17) is 24.1 Å². The van der Waals surface area contributed by atoms with Crippen molar-refractivity contribution in [1.29, 1.82) is 0 Å². The van der Waals surface area contributed by atoms with Crippen LogP contribution in [0.25, 0.3) is 0 Å². The lowest BCUT2D eigenvalue weighted by molar-refractivity contribution is 0.0131. The molecule has 2 unspecified atom stereocenters. The van der Waals surface area contributed by atoms with E-state index in [1.54, 1.807) is 12.4 Å². The fourth-order valence-electron chi connectivity index (χ4n) is 3.43. The van der Waals surface area contributed by atoms with Crippen molar-refractivity contribution in [2.45, 2.75) is 24.2 Å². The number of nitrogens with zero attached hydrogens (tertiary/aromatic N) is 2. The summed E-state index contributed by atoms with van der Waals surface area (Å²) < 4.78 is 21.5. The third kappa shape index (κ3) is 3.48. The Balaban J connectivity index is 0.000000137. The fourth-order valence-corrected chi connectivity index (χ4v) is 3.43. The third-order valence-corrected chi connectivity index (χ3v) is 4.87. The average Bonchev–Trinajstić information content (AvgIpc) is 3.36. The van der Waals surface area contributed by atoms with Crippen LogP contribution in [0, 0.1) is 0 Å². The summed E-state index contributed by atoms with van der Waals surface area (Å²) in [5.41, 5.74) is 0.207. The number of ether oxygens (including phenoxy) is 4. The van der Waals surface area contributed by atoms with Crippen LogP contribution < -0.4 is 5.32 Å². The van der Waals surface area contributed by atoms with Gasteiger partial charge in [0.05, 0.1) is 18.3 Å². The zero-order valence-corrected chi connectivity index (χ0v) is 14.6. The smallest absolute Gasteiger partial charge is 0.407 e. The van der Waals surface area contributed by atoms with Crippen LogP contribution in [0.3, 0.4) is 0 Å². The van der Waals surface area contributed by atoms with E-state index >= 15 is 0 Å². The highest BCUT2D eigenvalue weighted by Gasteiger charge is 2.44. The fraction of sp³-hybridized carbons (Fsp3) is 0.444. The summed E-state index contributed by atoms with van der Waals surface area (Å²) in [5.74, 6) is 0.753. The van der Waals surface area contributed by atoms with E-state index in [1.165, 1.54) is 4.90 Å². The molecule has 0 aliphatic carbocycles. The van der Waals surface area contributed by atoms with Crippen LogP contribution in [0.5, 0.6) is 0 Å². The molecule has 0 radical (unpaired) electrons. The lowest BCUT2D eigenvalue weighted by Crippen LogP contribution is -2.47.